The Morgan fingerprint density at radius 2 is 2.07 bits per heavy atom. The Balaban J connectivity index is 0.00000210. The van der Waals surface area contributed by atoms with Crippen LogP contribution in [0, 0.1) is 11.3 Å². The maximum absolute atomic E-state index is 12.5. The van der Waals surface area contributed by atoms with Crippen molar-refractivity contribution in [1.29, 1.82) is 5.41 Å². The predicted molar refractivity (Wildman–Crippen MR) is 114 cm³/mol. The second kappa shape index (κ2) is 7.92. The zero-order chi connectivity index (χ0) is 18.1. The molecule has 2 aliphatic rings. The van der Waals surface area contributed by atoms with Gasteiger partial charge < -0.3 is 16.0 Å². The lowest BCUT2D eigenvalue weighted by molar-refractivity contribution is 0.0977. The highest BCUT2D eigenvalue weighted by molar-refractivity contribution is 8.13. The normalized spacial score (nSPS) is 23.8. The molecule has 6 nitrogen and oxygen atoms in total. The number of nitrogens with two attached hydrogens (primary N) is 1. The molecule has 0 radical (unpaired) electrons. The van der Waals surface area contributed by atoms with Gasteiger partial charge in [0.2, 0.25) is 0 Å². The highest BCUT2D eigenvalue weighted by Gasteiger charge is 2.51. The quantitative estimate of drug-likeness (QED) is 0.513. The number of hydrogen-bond donors (Lipinski definition) is 3. The number of benzene rings is 1. The van der Waals surface area contributed by atoms with E-state index < -0.39 is 5.54 Å². The minimum absolute atomic E-state index is 0. The number of carbonyl (C=O) groups is 1. The lowest BCUT2D eigenvalue weighted by Gasteiger charge is -2.34. The van der Waals surface area contributed by atoms with E-state index in [-0.39, 0.29) is 30.2 Å². The van der Waals surface area contributed by atoms with Gasteiger partial charge in [-0.2, -0.15) is 0 Å². The van der Waals surface area contributed by atoms with Crippen LogP contribution in [0.15, 0.2) is 52.8 Å². The number of rotatable bonds is 2. The van der Waals surface area contributed by atoms with Gasteiger partial charge in [0, 0.05) is 28.7 Å². The van der Waals surface area contributed by atoms with Gasteiger partial charge in [-0.1, -0.05) is 36.0 Å². The van der Waals surface area contributed by atoms with Crippen molar-refractivity contribution in [3.05, 3.63) is 58.3 Å². The van der Waals surface area contributed by atoms with E-state index in [0.29, 0.717) is 23.8 Å². The van der Waals surface area contributed by atoms with Crippen molar-refractivity contribution >= 4 is 52.5 Å². The third-order valence-corrected chi connectivity index (χ3v) is 6.89. The number of nitrogens with zero attached hydrogens (tertiary/aromatic N) is 2. The number of carbonyl (C=O) groups excluding carboxylic acids is 1. The van der Waals surface area contributed by atoms with Crippen LogP contribution in [0.5, 0.6) is 0 Å². The first-order valence-corrected chi connectivity index (χ1v) is 10.2. The summed E-state index contributed by atoms with van der Waals surface area (Å²) < 4.78 is 0. The predicted octanol–water partition coefficient (Wildman–Crippen LogP) is 2.72. The molecule has 27 heavy (non-hydrogen) atoms. The monoisotopic (exact) mass is 421 g/mol. The number of amidine groups is 1. The van der Waals surface area contributed by atoms with Crippen LogP contribution in [-0.2, 0) is 5.54 Å². The van der Waals surface area contributed by atoms with Crippen LogP contribution in [0.25, 0.3) is 0 Å². The fourth-order valence-corrected chi connectivity index (χ4v) is 5.55. The summed E-state index contributed by atoms with van der Waals surface area (Å²) in [6.07, 6.45) is 0. The van der Waals surface area contributed by atoms with E-state index in [0.717, 1.165) is 10.6 Å². The Morgan fingerprint density at radius 3 is 2.74 bits per heavy atom. The SMILES string of the molecule is Cl.N=C(N)N1CC2CSC(NC(=O)c3ccccc3)=NC2(c2cccs2)C1. The fraction of sp³-hybridized carbons (Fsp3) is 0.278. The van der Waals surface area contributed by atoms with E-state index in [1.54, 1.807) is 35.2 Å². The van der Waals surface area contributed by atoms with Crippen molar-refractivity contribution in [2.45, 2.75) is 5.54 Å². The fourth-order valence-electron chi connectivity index (χ4n) is 3.48. The van der Waals surface area contributed by atoms with Gasteiger partial charge in [0.25, 0.3) is 5.91 Å². The maximum atomic E-state index is 12.5. The van der Waals surface area contributed by atoms with Gasteiger partial charge in [0.15, 0.2) is 11.1 Å². The zero-order valence-electron chi connectivity index (χ0n) is 14.4. The molecule has 2 aliphatic heterocycles. The van der Waals surface area contributed by atoms with Crippen LogP contribution < -0.4 is 11.1 Å². The van der Waals surface area contributed by atoms with E-state index in [2.05, 4.69) is 11.4 Å². The summed E-state index contributed by atoms with van der Waals surface area (Å²) in [6.45, 7) is 1.28. The number of thioether (sulfide) groups is 1. The first kappa shape index (κ1) is 19.7. The lowest BCUT2D eigenvalue weighted by Crippen LogP contribution is -2.42. The molecular formula is C18H20ClN5OS2. The number of likely N-dealkylation sites (tertiary alicyclic amines) is 1. The Bertz CT molecular complexity index is 858. The number of hydrogen-bond acceptors (Lipinski definition) is 5. The first-order chi connectivity index (χ1) is 12.6. The summed E-state index contributed by atoms with van der Waals surface area (Å²) in [4.78, 5) is 20.5. The molecule has 4 N–H and O–H groups in total. The molecule has 1 aromatic carbocycles. The molecule has 2 atom stereocenters. The molecule has 0 aliphatic carbocycles. The Morgan fingerprint density at radius 1 is 1.30 bits per heavy atom. The van der Waals surface area contributed by atoms with Gasteiger partial charge in [-0.3, -0.25) is 10.2 Å². The van der Waals surface area contributed by atoms with Crippen molar-refractivity contribution in [1.82, 2.24) is 10.2 Å². The molecule has 0 saturated carbocycles. The van der Waals surface area contributed by atoms with Crippen molar-refractivity contribution in [2.24, 2.45) is 16.6 Å². The van der Waals surface area contributed by atoms with Crippen LogP contribution >= 0.6 is 35.5 Å². The minimum atomic E-state index is -0.454. The molecule has 4 rings (SSSR count). The number of nitrogens with one attached hydrogen (secondary N) is 2. The van der Waals surface area contributed by atoms with Crippen molar-refractivity contribution in [2.75, 3.05) is 18.8 Å². The lowest BCUT2D eigenvalue weighted by atomic mass is 9.87. The molecule has 1 amide bonds. The van der Waals surface area contributed by atoms with Crippen LogP contribution in [0.2, 0.25) is 0 Å². The minimum Gasteiger partial charge on any atom is -0.370 e. The van der Waals surface area contributed by atoms with Gasteiger partial charge in [-0.15, -0.1) is 23.7 Å². The van der Waals surface area contributed by atoms with Crippen molar-refractivity contribution in [3.63, 3.8) is 0 Å². The number of fused-ring (bicyclic) bond motifs is 1. The Labute approximate surface area is 172 Å². The maximum Gasteiger partial charge on any atom is 0.257 e. The van der Waals surface area contributed by atoms with Crippen LogP contribution in [-0.4, -0.2) is 40.8 Å². The summed E-state index contributed by atoms with van der Waals surface area (Å²) in [5.74, 6) is 1.01. The molecule has 2 unspecified atom stereocenters. The van der Waals surface area contributed by atoms with E-state index in [9.17, 15) is 4.79 Å². The summed E-state index contributed by atoms with van der Waals surface area (Å²) in [5, 5.41) is 13.4. The Kier molecular flexibility index (Phi) is 5.78. The molecule has 1 aromatic heterocycles. The molecule has 142 valence electrons. The second-order valence-corrected chi connectivity index (χ2v) is 8.37. The molecular weight excluding hydrogens is 402 g/mol. The number of thiophene rings is 1. The van der Waals surface area contributed by atoms with Gasteiger partial charge in [-0.05, 0) is 23.6 Å². The number of guanidine groups is 1. The third-order valence-electron chi connectivity index (χ3n) is 4.82. The number of amides is 1. The van der Waals surface area contributed by atoms with E-state index in [1.165, 1.54) is 0 Å². The van der Waals surface area contributed by atoms with E-state index in [4.69, 9.17) is 16.1 Å². The molecule has 0 bridgehead atoms. The third kappa shape index (κ3) is 3.69. The molecule has 9 heteroatoms. The highest BCUT2D eigenvalue weighted by Crippen LogP contribution is 2.46. The zero-order valence-corrected chi connectivity index (χ0v) is 16.9. The molecule has 0 spiro atoms. The standard InChI is InChI=1S/C18H19N5OS2.ClH/c19-16(20)23-9-13-10-26-17(21-15(24)12-5-2-1-3-6-12)22-18(13,11-23)14-7-4-8-25-14;/h1-8,13H,9-11H2,(H3,19,20)(H,21,22,24);1H. The molecule has 1 saturated heterocycles. The van der Waals surface area contributed by atoms with Crippen molar-refractivity contribution in [3.8, 4) is 0 Å². The van der Waals surface area contributed by atoms with Crippen LogP contribution in [0.4, 0.5) is 0 Å². The Hall–Kier alpha value is -2.03. The summed E-state index contributed by atoms with van der Waals surface area (Å²) in [7, 11) is 0. The van der Waals surface area contributed by atoms with Gasteiger partial charge in [0.1, 0.15) is 5.54 Å². The molecule has 3 heterocycles. The molecule has 1 fully saturated rings. The highest BCUT2D eigenvalue weighted by atomic mass is 35.5. The number of halogens is 1. The van der Waals surface area contributed by atoms with Gasteiger partial charge >= 0.3 is 0 Å². The number of aliphatic imine (C=N–C) groups is 1. The smallest absolute Gasteiger partial charge is 0.257 e. The van der Waals surface area contributed by atoms with Gasteiger partial charge in [-0.25, -0.2) is 4.99 Å². The topological polar surface area (TPSA) is 94.6 Å². The average molecular weight is 422 g/mol. The van der Waals surface area contributed by atoms with E-state index in [1.807, 2.05) is 34.5 Å². The summed E-state index contributed by atoms with van der Waals surface area (Å²) in [6, 6.07) is 13.2. The van der Waals surface area contributed by atoms with Crippen LogP contribution in [0.1, 0.15) is 15.2 Å². The average Bonchev–Trinajstić information content (AvgIpc) is 3.30. The summed E-state index contributed by atoms with van der Waals surface area (Å²) >= 11 is 3.22. The second-order valence-electron chi connectivity index (χ2n) is 6.41. The van der Waals surface area contributed by atoms with Crippen molar-refractivity contribution < 1.29 is 4.79 Å². The van der Waals surface area contributed by atoms with Gasteiger partial charge in [0.05, 0.1) is 6.54 Å². The molecule has 2 aromatic rings. The van der Waals surface area contributed by atoms with E-state index >= 15 is 0 Å². The largest absolute Gasteiger partial charge is 0.370 e. The van der Waals surface area contributed by atoms with Crippen LogP contribution in [0.3, 0.4) is 0 Å². The summed E-state index contributed by atoms with van der Waals surface area (Å²) in [5.41, 5.74) is 5.90. The first-order valence-electron chi connectivity index (χ1n) is 8.30.